The van der Waals surface area contributed by atoms with Crippen LogP contribution in [0.4, 0.5) is 0 Å². The summed E-state index contributed by atoms with van der Waals surface area (Å²) in [6, 6.07) is 49.8. The Morgan fingerprint density at radius 1 is 0.312 bits per heavy atom. The molecule has 0 fully saturated rings. The summed E-state index contributed by atoms with van der Waals surface area (Å²) in [7, 11) is 0. The summed E-state index contributed by atoms with van der Waals surface area (Å²) >= 11 is 3.66. The number of aromatic nitrogens is 3. The van der Waals surface area contributed by atoms with E-state index in [0.29, 0.717) is 17.5 Å². The molecule has 0 unspecified atom stereocenters. The van der Waals surface area contributed by atoms with Crippen LogP contribution in [0.2, 0.25) is 0 Å². The Kier molecular flexibility index (Phi) is 5.42. The lowest BCUT2D eigenvalue weighted by atomic mass is 9.96. The van der Waals surface area contributed by atoms with E-state index in [2.05, 4.69) is 121 Å². The topological polar surface area (TPSA) is 38.7 Å². The molecule has 48 heavy (non-hydrogen) atoms. The van der Waals surface area contributed by atoms with Crippen molar-refractivity contribution >= 4 is 73.8 Å². The molecule has 0 saturated heterocycles. The van der Waals surface area contributed by atoms with Gasteiger partial charge in [-0.3, -0.25) is 0 Å². The minimum Gasteiger partial charge on any atom is -0.208 e. The average molecular weight is 646 g/mol. The summed E-state index contributed by atoms with van der Waals surface area (Å²) < 4.78 is 5.00. The Labute approximate surface area is 283 Å². The lowest BCUT2D eigenvalue weighted by Crippen LogP contribution is -2.00. The van der Waals surface area contributed by atoms with Crippen molar-refractivity contribution in [1.29, 1.82) is 0 Å². The monoisotopic (exact) mass is 645 g/mol. The molecule has 0 bridgehead atoms. The maximum Gasteiger partial charge on any atom is 0.164 e. The fourth-order valence-corrected chi connectivity index (χ4v) is 9.98. The van der Waals surface area contributed by atoms with Crippen molar-refractivity contribution in [2.45, 2.75) is 0 Å². The minimum atomic E-state index is 0.673. The van der Waals surface area contributed by atoms with Crippen LogP contribution in [-0.4, -0.2) is 15.0 Å². The molecule has 0 atom stereocenters. The van der Waals surface area contributed by atoms with Gasteiger partial charge in [0.25, 0.3) is 0 Å². The molecular weight excluding hydrogens is 623 g/mol. The largest absolute Gasteiger partial charge is 0.208 e. The highest BCUT2D eigenvalue weighted by Gasteiger charge is 2.25. The normalized spacial score (nSPS) is 12.2. The Hall–Kier alpha value is -5.75. The molecule has 0 amide bonds. The van der Waals surface area contributed by atoms with Crippen molar-refractivity contribution in [1.82, 2.24) is 15.0 Å². The molecule has 11 rings (SSSR count). The van der Waals surface area contributed by atoms with Crippen LogP contribution in [0.3, 0.4) is 0 Å². The maximum absolute atomic E-state index is 5.32. The second-order valence-electron chi connectivity index (χ2n) is 12.3. The van der Waals surface area contributed by atoms with E-state index in [1.165, 1.54) is 73.4 Å². The lowest BCUT2D eigenvalue weighted by Gasteiger charge is -2.11. The molecule has 3 nitrogen and oxygen atoms in total. The van der Waals surface area contributed by atoms with Gasteiger partial charge in [0.2, 0.25) is 0 Å². The molecule has 0 radical (unpaired) electrons. The Balaban J connectivity index is 1.23. The average Bonchev–Trinajstić information content (AvgIpc) is 3.82. The van der Waals surface area contributed by atoms with Gasteiger partial charge in [-0.15, -0.1) is 22.7 Å². The zero-order valence-electron chi connectivity index (χ0n) is 25.4. The van der Waals surface area contributed by atoms with Crippen molar-refractivity contribution in [3.63, 3.8) is 0 Å². The number of hydrogen-bond acceptors (Lipinski definition) is 5. The summed E-state index contributed by atoms with van der Waals surface area (Å²) in [4.78, 5) is 15.7. The van der Waals surface area contributed by atoms with Gasteiger partial charge < -0.3 is 0 Å². The van der Waals surface area contributed by atoms with Crippen LogP contribution in [0.5, 0.6) is 0 Å². The van der Waals surface area contributed by atoms with E-state index in [4.69, 9.17) is 15.0 Å². The lowest BCUT2D eigenvalue weighted by molar-refractivity contribution is 1.08. The third-order valence-electron chi connectivity index (χ3n) is 9.68. The zero-order chi connectivity index (χ0) is 31.3. The number of thiophene rings is 2. The van der Waals surface area contributed by atoms with Gasteiger partial charge in [-0.25, -0.2) is 15.0 Å². The van der Waals surface area contributed by atoms with Crippen molar-refractivity contribution in [2.24, 2.45) is 0 Å². The molecule has 1 aliphatic carbocycles. The van der Waals surface area contributed by atoms with Crippen molar-refractivity contribution in [3.8, 4) is 56.4 Å². The highest BCUT2D eigenvalue weighted by atomic mass is 32.1. The molecule has 222 valence electrons. The number of nitrogens with zero attached hydrogens (tertiary/aromatic N) is 3. The maximum atomic E-state index is 5.32. The van der Waals surface area contributed by atoms with E-state index in [-0.39, 0.29) is 0 Å². The second-order valence-corrected chi connectivity index (χ2v) is 14.5. The van der Waals surface area contributed by atoms with Crippen LogP contribution >= 0.6 is 22.7 Å². The summed E-state index contributed by atoms with van der Waals surface area (Å²) in [6.45, 7) is 0. The first kappa shape index (κ1) is 26.3. The van der Waals surface area contributed by atoms with Gasteiger partial charge in [0.15, 0.2) is 17.5 Å². The molecule has 0 spiro atoms. The molecule has 10 aromatic rings. The standard InChI is InChI=1S/C43H23N3S2/c1-2-11-24(12-3-1)41-44-42(30-18-9-21-34-38(30)28-15-6-7-20-33(28)47-34)46-43(45-41)31-19-10-22-35-40(31)39-29-17-8-16-27-25-13-4-5-14-26(25)32(37(27)29)23-36(39)48-35/h1-23H. The number of rotatable bonds is 3. The highest BCUT2D eigenvalue weighted by Crippen LogP contribution is 2.52. The Morgan fingerprint density at radius 3 is 1.67 bits per heavy atom. The van der Waals surface area contributed by atoms with Crippen molar-refractivity contribution in [3.05, 3.63) is 140 Å². The summed E-state index contributed by atoms with van der Waals surface area (Å²) in [5.41, 5.74) is 8.27. The molecule has 0 N–H and O–H groups in total. The second kappa shape index (κ2) is 9.88. The molecule has 0 aliphatic heterocycles. The van der Waals surface area contributed by atoms with Crippen LogP contribution in [0, 0.1) is 0 Å². The Bertz CT molecular complexity index is 2960. The minimum absolute atomic E-state index is 0.673. The summed E-state index contributed by atoms with van der Waals surface area (Å²) in [6.07, 6.45) is 0. The SMILES string of the molecule is c1ccc(-c2nc(-c3cccc4sc5ccccc5c34)nc(-c3cccc4sc5cc6c7c(cccc7c5c34)-c3ccccc3-6)n2)cc1. The molecule has 5 heteroatoms. The predicted octanol–water partition coefficient (Wildman–Crippen LogP) is 12.4. The van der Waals surface area contributed by atoms with Crippen LogP contribution in [0.25, 0.3) is 108 Å². The van der Waals surface area contributed by atoms with Gasteiger partial charge in [0.1, 0.15) is 0 Å². The van der Waals surface area contributed by atoms with E-state index < -0.39 is 0 Å². The van der Waals surface area contributed by atoms with Crippen molar-refractivity contribution in [2.75, 3.05) is 0 Å². The van der Waals surface area contributed by atoms with Gasteiger partial charge in [-0.05, 0) is 57.3 Å². The molecule has 3 aromatic heterocycles. The van der Waals surface area contributed by atoms with E-state index in [0.717, 1.165) is 16.7 Å². The first-order valence-corrected chi connectivity index (χ1v) is 17.7. The number of hydrogen-bond donors (Lipinski definition) is 0. The van der Waals surface area contributed by atoms with E-state index in [9.17, 15) is 0 Å². The van der Waals surface area contributed by atoms with Gasteiger partial charge >= 0.3 is 0 Å². The van der Waals surface area contributed by atoms with Crippen LogP contribution in [0.1, 0.15) is 0 Å². The van der Waals surface area contributed by atoms with E-state index in [1.54, 1.807) is 0 Å². The smallest absolute Gasteiger partial charge is 0.164 e. The van der Waals surface area contributed by atoms with E-state index in [1.807, 2.05) is 40.9 Å². The highest BCUT2D eigenvalue weighted by molar-refractivity contribution is 7.26. The third-order valence-corrected chi connectivity index (χ3v) is 11.9. The molecule has 1 aliphatic rings. The molecule has 3 heterocycles. The summed E-state index contributed by atoms with van der Waals surface area (Å²) in [5, 5.41) is 7.50. The zero-order valence-corrected chi connectivity index (χ0v) is 27.1. The quantitative estimate of drug-likeness (QED) is 0.192. The van der Waals surface area contributed by atoms with Gasteiger partial charge in [0.05, 0.1) is 0 Å². The fourth-order valence-electron chi connectivity index (χ4n) is 7.66. The van der Waals surface area contributed by atoms with Gasteiger partial charge in [-0.1, -0.05) is 115 Å². The summed E-state index contributed by atoms with van der Waals surface area (Å²) in [5.74, 6) is 2.05. The molecule has 7 aromatic carbocycles. The van der Waals surface area contributed by atoms with Gasteiger partial charge in [-0.2, -0.15) is 0 Å². The van der Waals surface area contributed by atoms with E-state index >= 15 is 0 Å². The first-order valence-electron chi connectivity index (χ1n) is 16.0. The van der Waals surface area contributed by atoms with Crippen molar-refractivity contribution < 1.29 is 0 Å². The van der Waals surface area contributed by atoms with Crippen LogP contribution in [-0.2, 0) is 0 Å². The third kappa shape index (κ3) is 3.66. The Morgan fingerprint density at radius 2 is 0.854 bits per heavy atom. The molecular formula is C43H23N3S2. The number of benzene rings is 7. The predicted molar refractivity (Wildman–Crippen MR) is 204 cm³/mol. The fraction of sp³-hybridized carbons (Fsp3) is 0. The first-order chi connectivity index (χ1) is 23.8. The van der Waals surface area contributed by atoms with Crippen LogP contribution in [0.15, 0.2) is 140 Å². The number of fused-ring (bicyclic) bond motifs is 10. The molecule has 0 saturated carbocycles. The van der Waals surface area contributed by atoms with Crippen LogP contribution < -0.4 is 0 Å². The van der Waals surface area contributed by atoms with Gasteiger partial charge in [0, 0.05) is 57.0 Å².